The molecule has 0 heterocycles. The van der Waals surface area contributed by atoms with E-state index in [9.17, 15) is 9.59 Å². The van der Waals surface area contributed by atoms with Crippen LogP contribution in [0.1, 0.15) is 5.56 Å². The van der Waals surface area contributed by atoms with Crippen molar-refractivity contribution in [3.05, 3.63) is 48.6 Å². The van der Waals surface area contributed by atoms with Crippen molar-refractivity contribution in [3.8, 4) is 0 Å². The molecule has 0 bridgehead atoms. The van der Waals surface area contributed by atoms with Gasteiger partial charge in [0.15, 0.2) is 0 Å². The van der Waals surface area contributed by atoms with Crippen LogP contribution in [0.4, 0.5) is 4.79 Å². The van der Waals surface area contributed by atoms with Crippen molar-refractivity contribution in [3.63, 3.8) is 0 Å². The first-order valence-electron chi connectivity index (χ1n) is 5.52. The van der Waals surface area contributed by atoms with Crippen LogP contribution in [-0.2, 0) is 10.5 Å². The summed E-state index contributed by atoms with van der Waals surface area (Å²) in [5, 5.41) is 4.72. The van der Waals surface area contributed by atoms with Crippen LogP contribution >= 0.6 is 11.8 Å². The molecule has 0 fully saturated rings. The van der Waals surface area contributed by atoms with E-state index >= 15 is 0 Å². The highest BCUT2D eigenvalue weighted by atomic mass is 32.2. The minimum atomic E-state index is -0.486. The Balaban J connectivity index is 2.17. The van der Waals surface area contributed by atoms with E-state index in [1.165, 1.54) is 11.8 Å². The standard InChI is InChI=1S/C13H16N2O2S/c1-2-8-14-13(17)15-12(16)10-18-9-11-6-4-3-5-7-11/h2-7H,1,8-10H2,(H2,14,15,16,17). The third-order valence-corrected chi connectivity index (χ3v) is 3.01. The molecule has 3 amide bonds. The zero-order chi connectivity index (χ0) is 13.2. The highest BCUT2D eigenvalue weighted by Gasteiger charge is 2.06. The van der Waals surface area contributed by atoms with Crippen LogP contribution in [0, 0.1) is 0 Å². The molecule has 0 unspecified atom stereocenters. The number of hydrogen-bond acceptors (Lipinski definition) is 3. The lowest BCUT2D eigenvalue weighted by Gasteiger charge is -2.04. The second-order valence-electron chi connectivity index (χ2n) is 3.53. The molecule has 0 aromatic heterocycles. The Hall–Kier alpha value is -1.75. The topological polar surface area (TPSA) is 58.2 Å². The SMILES string of the molecule is C=CCNC(=O)NC(=O)CSCc1ccccc1. The summed E-state index contributed by atoms with van der Waals surface area (Å²) in [6.07, 6.45) is 1.55. The van der Waals surface area contributed by atoms with Gasteiger partial charge in [-0.25, -0.2) is 4.79 Å². The number of hydrogen-bond donors (Lipinski definition) is 2. The number of benzene rings is 1. The zero-order valence-electron chi connectivity index (χ0n) is 10.0. The lowest BCUT2D eigenvalue weighted by molar-refractivity contribution is -0.117. The van der Waals surface area contributed by atoms with Crippen molar-refractivity contribution in [1.82, 2.24) is 10.6 Å². The summed E-state index contributed by atoms with van der Waals surface area (Å²) >= 11 is 1.47. The van der Waals surface area contributed by atoms with Gasteiger partial charge in [-0.1, -0.05) is 36.4 Å². The summed E-state index contributed by atoms with van der Waals surface area (Å²) in [6.45, 7) is 3.81. The Morgan fingerprint density at radius 1 is 1.28 bits per heavy atom. The van der Waals surface area contributed by atoms with Gasteiger partial charge in [0.05, 0.1) is 5.75 Å². The van der Waals surface area contributed by atoms with Crippen LogP contribution in [0.5, 0.6) is 0 Å². The molecular weight excluding hydrogens is 248 g/mol. The van der Waals surface area contributed by atoms with Crippen molar-refractivity contribution >= 4 is 23.7 Å². The predicted octanol–water partition coefficient (Wildman–Crippen LogP) is 1.93. The number of urea groups is 1. The molecule has 0 atom stereocenters. The van der Waals surface area contributed by atoms with Gasteiger partial charge < -0.3 is 5.32 Å². The Morgan fingerprint density at radius 3 is 2.67 bits per heavy atom. The highest BCUT2D eigenvalue weighted by molar-refractivity contribution is 7.99. The zero-order valence-corrected chi connectivity index (χ0v) is 10.8. The smallest absolute Gasteiger partial charge is 0.321 e. The van der Waals surface area contributed by atoms with Gasteiger partial charge in [0.2, 0.25) is 5.91 Å². The number of carbonyl (C=O) groups is 2. The van der Waals surface area contributed by atoms with Crippen LogP contribution < -0.4 is 10.6 Å². The largest absolute Gasteiger partial charge is 0.334 e. The molecule has 18 heavy (non-hydrogen) atoms. The molecule has 0 aliphatic rings. The average molecular weight is 264 g/mol. The lowest BCUT2D eigenvalue weighted by Crippen LogP contribution is -2.40. The summed E-state index contributed by atoms with van der Waals surface area (Å²) in [5.74, 6) is 0.719. The first-order valence-corrected chi connectivity index (χ1v) is 6.68. The van der Waals surface area contributed by atoms with E-state index in [0.717, 1.165) is 11.3 Å². The van der Waals surface area contributed by atoms with Gasteiger partial charge in [-0.15, -0.1) is 18.3 Å². The molecule has 0 saturated heterocycles. The third kappa shape index (κ3) is 6.10. The summed E-state index contributed by atoms with van der Waals surface area (Å²) < 4.78 is 0. The molecular formula is C13H16N2O2S. The molecule has 1 aromatic rings. The van der Waals surface area contributed by atoms with Gasteiger partial charge in [-0.05, 0) is 5.56 Å². The molecule has 0 aliphatic heterocycles. The summed E-state index contributed by atoms with van der Waals surface area (Å²) in [5.41, 5.74) is 1.16. The fourth-order valence-corrected chi connectivity index (χ4v) is 2.00. The van der Waals surface area contributed by atoms with Crippen molar-refractivity contribution in [2.45, 2.75) is 5.75 Å². The fourth-order valence-electron chi connectivity index (χ4n) is 1.21. The molecule has 5 heteroatoms. The molecule has 0 aliphatic carbocycles. The van der Waals surface area contributed by atoms with E-state index in [1.54, 1.807) is 6.08 Å². The van der Waals surface area contributed by atoms with Crippen molar-refractivity contribution in [1.29, 1.82) is 0 Å². The molecule has 1 aromatic carbocycles. The first kappa shape index (κ1) is 14.3. The van der Waals surface area contributed by atoms with E-state index in [4.69, 9.17) is 0 Å². The number of rotatable bonds is 6. The number of amides is 3. The number of thioether (sulfide) groups is 1. The van der Waals surface area contributed by atoms with Crippen LogP contribution in [0.25, 0.3) is 0 Å². The van der Waals surface area contributed by atoms with Gasteiger partial charge in [-0.2, -0.15) is 0 Å². The molecule has 2 N–H and O–H groups in total. The Morgan fingerprint density at radius 2 is 2.00 bits per heavy atom. The van der Waals surface area contributed by atoms with Gasteiger partial charge in [-0.3, -0.25) is 10.1 Å². The highest BCUT2D eigenvalue weighted by Crippen LogP contribution is 2.10. The quantitative estimate of drug-likeness (QED) is 0.772. The van der Waals surface area contributed by atoms with E-state index in [-0.39, 0.29) is 11.7 Å². The van der Waals surface area contributed by atoms with Gasteiger partial charge >= 0.3 is 6.03 Å². The summed E-state index contributed by atoms with van der Waals surface area (Å²) in [7, 11) is 0. The summed E-state index contributed by atoms with van der Waals surface area (Å²) in [6, 6.07) is 9.38. The van der Waals surface area contributed by atoms with Crippen molar-refractivity contribution in [2.75, 3.05) is 12.3 Å². The molecule has 0 radical (unpaired) electrons. The van der Waals surface area contributed by atoms with Crippen LogP contribution in [0.2, 0.25) is 0 Å². The van der Waals surface area contributed by atoms with Gasteiger partial charge in [0, 0.05) is 12.3 Å². The minimum Gasteiger partial charge on any atom is -0.334 e. The maximum atomic E-state index is 11.4. The molecule has 96 valence electrons. The second kappa shape index (κ2) is 8.36. The maximum absolute atomic E-state index is 11.4. The van der Waals surface area contributed by atoms with Crippen molar-refractivity contribution in [2.24, 2.45) is 0 Å². The van der Waals surface area contributed by atoms with E-state index < -0.39 is 6.03 Å². The average Bonchev–Trinajstić information content (AvgIpc) is 2.37. The number of imide groups is 1. The maximum Gasteiger partial charge on any atom is 0.321 e. The van der Waals surface area contributed by atoms with E-state index in [1.807, 2.05) is 30.3 Å². The van der Waals surface area contributed by atoms with Crippen LogP contribution in [0.15, 0.2) is 43.0 Å². The van der Waals surface area contributed by atoms with E-state index in [0.29, 0.717) is 6.54 Å². The van der Waals surface area contributed by atoms with Crippen molar-refractivity contribution < 1.29 is 9.59 Å². The molecule has 0 spiro atoms. The number of nitrogens with one attached hydrogen (secondary N) is 2. The monoisotopic (exact) mass is 264 g/mol. The number of carbonyl (C=O) groups excluding carboxylic acids is 2. The predicted molar refractivity (Wildman–Crippen MR) is 74.3 cm³/mol. The Kier molecular flexibility index (Phi) is 6.64. The summed E-state index contributed by atoms with van der Waals surface area (Å²) in [4.78, 5) is 22.5. The van der Waals surface area contributed by atoms with Crippen LogP contribution in [0.3, 0.4) is 0 Å². The molecule has 0 saturated carbocycles. The molecule has 1 rings (SSSR count). The minimum absolute atomic E-state index is 0.260. The van der Waals surface area contributed by atoms with Gasteiger partial charge in [0.1, 0.15) is 0 Å². The molecule has 4 nitrogen and oxygen atoms in total. The van der Waals surface area contributed by atoms with Gasteiger partial charge in [0.25, 0.3) is 0 Å². The normalized spacial score (nSPS) is 9.56. The fraction of sp³-hybridized carbons (Fsp3) is 0.231. The second-order valence-corrected chi connectivity index (χ2v) is 4.51. The third-order valence-electron chi connectivity index (χ3n) is 2.00. The first-order chi connectivity index (χ1) is 8.72. The lowest BCUT2D eigenvalue weighted by atomic mass is 10.2. The Labute approximate surface area is 111 Å². The van der Waals surface area contributed by atoms with E-state index in [2.05, 4.69) is 17.2 Å². The Bertz CT molecular complexity index is 407. The van der Waals surface area contributed by atoms with Crippen LogP contribution in [-0.4, -0.2) is 24.2 Å².